The number of nitrogens with two attached hydrogens (primary N) is 1. The molecule has 3 aromatic heterocycles. The molecule has 0 aliphatic carbocycles. The molecule has 0 saturated carbocycles. The number of methoxy groups -OCH3 is 1. The molecular formula is C20H20N6O. The van der Waals surface area contributed by atoms with Crippen molar-refractivity contribution in [3.05, 3.63) is 71.2 Å². The van der Waals surface area contributed by atoms with Crippen LogP contribution in [-0.2, 0) is 13.0 Å². The van der Waals surface area contributed by atoms with Gasteiger partial charge in [0.15, 0.2) is 11.3 Å². The van der Waals surface area contributed by atoms with E-state index in [0.29, 0.717) is 24.3 Å². The van der Waals surface area contributed by atoms with Gasteiger partial charge in [0.1, 0.15) is 17.8 Å². The molecule has 1 aromatic carbocycles. The number of anilines is 1. The lowest BCUT2D eigenvalue weighted by molar-refractivity contribution is 0.414. The molecule has 0 amide bonds. The summed E-state index contributed by atoms with van der Waals surface area (Å²) in [6, 6.07) is 15.7. The second-order valence-electron chi connectivity index (χ2n) is 6.39. The lowest BCUT2D eigenvalue weighted by Crippen LogP contribution is -2.05. The molecule has 0 bridgehead atoms. The fourth-order valence-corrected chi connectivity index (χ4v) is 2.98. The summed E-state index contributed by atoms with van der Waals surface area (Å²) < 4.78 is 5.19. The molecule has 7 nitrogen and oxygen atoms in total. The van der Waals surface area contributed by atoms with Crippen LogP contribution in [0.25, 0.3) is 11.0 Å². The highest BCUT2D eigenvalue weighted by atomic mass is 16.5. The number of benzene rings is 1. The third-order valence-corrected chi connectivity index (χ3v) is 4.28. The van der Waals surface area contributed by atoms with Gasteiger partial charge < -0.3 is 10.5 Å². The van der Waals surface area contributed by atoms with Crippen molar-refractivity contribution in [2.24, 2.45) is 0 Å². The Morgan fingerprint density at radius 1 is 1.00 bits per heavy atom. The molecule has 0 aliphatic rings. The Hall–Kier alpha value is -3.48. The van der Waals surface area contributed by atoms with Crippen LogP contribution in [0.5, 0.6) is 5.75 Å². The molecule has 0 saturated heterocycles. The lowest BCUT2D eigenvalue weighted by Gasteiger charge is -2.04. The van der Waals surface area contributed by atoms with Crippen LogP contribution in [0.3, 0.4) is 0 Å². The number of nitrogen functional groups attached to an aromatic ring is 1. The molecule has 0 fully saturated rings. The molecule has 0 spiro atoms. The summed E-state index contributed by atoms with van der Waals surface area (Å²) in [5.74, 6) is 1.22. The Morgan fingerprint density at radius 3 is 2.56 bits per heavy atom. The standard InChI is InChI=1S/C20H20N6O/c1-13-4-3-5-15(22-13)12-26-24-18-11-16(23-20(21)19(18)25-26)10-14-6-8-17(27-2)9-7-14/h3-9,11H,10,12H2,1-2H3,(H2,21,23). The van der Waals surface area contributed by atoms with Crippen molar-refractivity contribution in [3.63, 3.8) is 0 Å². The first kappa shape index (κ1) is 17.0. The fourth-order valence-electron chi connectivity index (χ4n) is 2.98. The average Bonchev–Trinajstić information content (AvgIpc) is 3.05. The van der Waals surface area contributed by atoms with Crippen molar-refractivity contribution in [2.45, 2.75) is 19.9 Å². The van der Waals surface area contributed by atoms with Crippen molar-refractivity contribution < 1.29 is 4.74 Å². The second kappa shape index (κ2) is 7.03. The number of pyridine rings is 2. The number of fused-ring (bicyclic) bond motifs is 1. The van der Waals surface area contributed by atoms with Gasteiger partial charge >= 0.3 is 0 Å². The van der Waals surface area contributed by atoms with E-state index in [0.717, 1.165) is 33.9 Å². The quantitative estimate of drug-likeness (QED) is 0.588. The van der Waals surface area contributed by atoms with E-state index in [-0.39, 0.29) is 0 Å². The highest BCUT2D eigenvalue weighted by Gasteiger charge is 2.11. The predicted molar refractivity (Wildman–Crippen MR) is 104 cm³/mol. The number of aryl methyl sites for hydroxylation is 1. The summed E-state index contributed by atoms with van der Waals surface area (Å²) in [7, 11) is 1.65. The third kappa shape index (κ3) is 3.72. The maximum absolute atomic E-state index is 6.12. The monoisotopic (exact) mass is 360 g/mol. The molecular weight excluding hydrogens is 340 g/mol. The van der Waals surface area contributed by atoms with Gasteiger partial charge in [-0.25, -0.2) is 4.98 Å². The van der Waals surface area contributed by atoms with E-state index < -0.39 is 0 Å². The van der Waals surface area contributed by atoms with Gasteiger partial charge in [0.2, 0.25) is 0 Å². The summed E-state index contributed by atoms with van der Waals surface area (Å²) in [5, 5.41) is 9.02. The third-order valence-electron chi connectivity index (χ3n) is 4.28. The SMILES string of the molecule is COc1ccc(Cc2cc3nn(Cc4cccc(C)n4)nc3c(N)n2)cc1. The molecule has 136 valence electrons. The van der Waals surface area contributed by atoms with Crippen molar-refractivity contribution in [1.29, 1.82) is 0 Å². The van der Waals surface area contributed by atoms with Gasteiger partial charge in [-0.3, -0.25) is 4.98 Å². The Kier molecular flexibility index (Phi) is 4.42. The second-order valence-corrected chi connectivity index (χ2v) is 6.39. The maximum Gasteiger partial charge on any atom is 0.155 e. The van der Waals surface area contributed by atoms with Gasteiger partial charge in [-0.15, -0.1) is 5.10 Å². The molecule has 4 aromatic rings. The molecule has 27 heavy (non-hydrogen) atoms. The normalized spacial score (nSPS) is 11.0. The number of rotatable bonds is 5. The molecule has 0 atom stereocenters. The minimum atomic E-state index is 0.388. The van der Waals surface area contributed by atoms with Crippen LogP contribution in [0.2, 0.25) is 0 Å². The zero-order valence-corrected chi connectivity index (χ0v) is 15.3. The Balaban J connectivity index is 1.60. The van der Waals surface area contributed by atoms with Crippen LogP contribution in [0.15, 0.2) is 48.5 Å². The largest absolute Gasteiger partial charge is 0.497 e. The summed E-state index contributed by atoms with van der Waals surface area (Å²) in [4.78, 5) is 10.6. The van der Waals surface area contributed by atoms with Gasteiger partial charge in [-0.1, -0.05) is 18.2 Å². The maximum atomic E-state index is 6.12. The van der Waals surface area contributed by atoms with Crippen LogP contribution in [0, 0.1) is 6.92 Å². The summed E-state index contributed by atoms with van der Waals surface area (Å²) in [6.07, 6.45) is 0.663. The molecule has 0 radical (unpaired) electrons. The average molecular weight is 360 g/mol. The first-order chi connectivity index (χ1) is 13.1. The minimum Gasteiger partial charge on any atom is -0.497 e. The van der Waals surface area contributed by atoms with Crippen LogP contribution in [0.4, 0.5) is 5.82 Å². The highest BCUT2D eigenvalue weighted by Crippen LogP contribution is 2.20. The number of hydrogen-bond acceptors (Lipinski definition) is 6. The van der Waals surface area contributed by atoms with Crippen molar-refractivity contribution >= 4 is 16.9 Å². The zero-order chi connectivity index (χ0) is 18.8. The van der Waals surface area contributed by atoms with E-state index in [4.69, 9.17) is 10.5 Å². The highest BCUT2D eigenvalue weighted by molar-refractivity contribution is 5.83. The topological polar surface area (TPSA) is 91.7 Å². The number of ether oxygens (including phenoxy) is 1. The van der Waals surface area contributed by atoms with Gasteiger partial charge in [0.05, 0.1) is 12.8 Å². The molecule has 2 N–H and O–H groups in total. The van der Waals surface area contributed by atoms with Crippen LogP contribution in [-0.4, -0.2) is 32.1 Å². The summed E-state index contributed by atoms with van der Waals surface area (Å²) in [5.41, 5.74) is 11.3. The number of aromatic nitrogens is 5. The zero-order valence-electron chi connectivity index (χ0n) is 15.3. The molecule has 4 rings (SSSR count). The van der Waals surface area contributed by atoms with Crippen molar-refractivity contribution in [2.75, 3.05) is 12.8 Å². The van der Waals surface area contributed by atoms with E-state index in [1.54, 1.807) is 11.9 Å². The van der Waals surface area contributed by atoms with E-state index in [1.165, 1.54) is 0 Å². The van der Waals surface area contributed by atoms with Crippen LogP contribution < -0.4 is 10.5 Å². The lowest BCUT2D eigenvalue weighted by atomic mass is 10.1. The minimum absolute atomic E-state index is 0.388. The molecule has 3 heterocycles. The van der Waals surface area contributed by atoms with Crippen molar-refractivity contribution in [3.8, 4) is 5.75 Å². The van der Waals surface area contributed by atoms with Crippen LogP contribution >= 0.6 is 0 Å². The fraction of sp³-hybridized carbons (Fsp3) is 0.200. The van der Waals surface area contributed by atoms with Crippen molar-refractivity contribution in [1.82, 2.24) is 25.0 Å². The van der Waals surface area contributed by atoms with E-state index in [2.05, 4.69) is 20.2 Å². The Labute approximate surface area is 156 Å². The molecule has 0 aliphatic heterocycles. The Morgan fingerprint density at radius 2 is 1.81 bits per heavy atom. The van der Waals surface area contributed by atoms with E-state index >= 15 is 0 Å². The number of nitrogens with zero attached hydrogens (tertiary/aromatic N) is 5. The number of hydrogen-bond donors (Lipinski definition) is 1. The summed E-state index contributed by atoms with van der Waals surface area (Å²) in [6.45, 7) is 2.45. The van der Waals surface area contributed by atoms with Gasteiger partial charge in [-0.2, -0.15) is 9.90 Å². The molecule has 7 heteroatoms. The Bertz CT molecular complexity index is 1090. The first-order valence-electron chi connectivity index (χ1n) is 8.66. The molecule has 0 unspecified atom stereocenters. The van der Waals surface area contributed by atoms with Gasteiger partial charge in [0.25, 0.3) is 0 Å². The summed E-state index contributed by atoms with van der Waals surface area (Å²) >= 11 is 0. The smallest absolute Gasteiger partial charge is 0.155 e. The van der Waals surface area contributed by atoms with E-state index in [9.17, 15) is 0 Å². The van der Waals surface area contributed by atoms with E-state index in [1.807, 2.05) is 55.5 Å². The van der Waals surface area contributed by atoms with Gasteiger partial charge in [0, 0.05) is 17.8 Å². The van der Waals surface area contributed by atoms with Gasteiger partial charge in [-0.05, 0) is 42.8 Å². The first-order valence-corrected chi connectivity index (χ1v) is 8.66. The van der Waals surface area contributed by atoms with Crippen LogP contribution in [0.1, 0.15) is 22.6 Å². The predicted octanol–water partition coefficient (Wildman–Crippen LogP) is 2.76.